The molecule has 0 saturated carbocycles. The Labute approximate surface area is 105 Å². The van der Waals surface area contributed by atoms with Crippen LogP contribution in [-0.2, 0) is 6.42 Å². The topological polar surface area (TPSA) is 53.9 Å². The van der Waals surface area contributed by atoms with Gasteiger partial charge in [-0.1, -0.05) is 18.2 Å². The van der Waals surface area contributed by atoms with Gasteiger partial charge in [0.05, 0.1) is 5.69 Å². The zero-order valence-electron chi connectivity index (χ0n) is 10.2. The van der Waals surface area contributed by atoms with Crippen LogP contribution in [-0.4, -0.2) is 23.8 Å². The van der Waals surface area contributed by atoms with Crippen molar-refractivity contribution in [1.29, 1.82) is 0 Å². The molecule has 2 N–H and O–H groups in total. The van der Waals surface area contributed by atoms with Crippen molar-refractivity contribution in [3.05, 3.63) is 42.3 Å². The lowest BCUT2D eigenvalue weighted by atomic mass is 10.1. The van der Waals surface area contributed by atoms with Crippen molar-refractivity contribution >= 4 is 11.0 Å². The number of H-pyrrole nitrogens is 1. The van der Waals surface area contributed by atoms with E-state index in [9.17, 15) is 0 Å². The number of aromatic nitrogens is 2. The Kier molecular flexibility index (Phi) is 2.86. The minimum absolute atomic E-state index is 0.896. The van der Waals surface area contributed by atoms with Crippen LogP contribution in [0, 0.1) is 0 Å². The summed E-state index contributed by atoms with van der Waals surface area (Å²) in [6.45, 7) is 0.938. The SMILES string of the molecule is CNCCc1cc(-c2coc3ccccc23)n[nH]1. The zero-order chi connectivity index (χ0) is 12.4. The van der Waals surface area contributed by atoms with Crippen LogP contribution in [0.5, 0.6) is 0 Å². The summed E-state index contributed by atoms with van der Waals surface area (Å²) in [5.74, 6) is 0. The van der Waals surface area contributed by atoms with Gasteiger partial charge in [0.1, 0.15) is 11.8 Å². The predicted molar refractivity (Wildman–Crippen MR) is 71.4 cm³/mol. The average Bonchev–Trinajstić information content (AvgIpc) is 3.02. The van der Waals surface area contributed by atoms with Crippen LogP contribution in [0.15, 0.2) is 41.0 Å². The van der Waals surface area contributed by atoms with Gasteiger partial charge in [0.25, 0.3) is 0 Å². The molecule has 0 aliphatic carbocycles. The van der Waals surface area contributed by atoms with Crippen molar-refractivity contribution in [2.75, 3.05) is 13.6 Å². The number of rotatable bonds is 4. The Morgan fingerprint density at radius 3 is 3.11 bits per heavy atom. The first-order valence-electron chi connectivity index (χ1n) is 6.04. The smallest absolute Gasteiger partial charge is 0.134 e. The second-order valence-corrected chi connectivity index (χ2v) is 4.28. The molecular formula is C14H15N3O. The summed E-state index contributed by atoms with van der Waals surface area (Å²) in [6.07, 6.45) is 2.71. The third-order valence-electron chi connectivity index (χ3n) is 3.03. The van der Waals surface area contributed by atoms with Gasteiger partial charge in [0, 0.05) is 29.6 Å². The number of hydrogen-bond acceptors (Lipinski definition) is 3. The maximum absolute atomic E-state index is 5.53. The van der Waals surface area contributed by atoms with E-state index < -0.39 is 0 Å². The summed E-state index contributed by atoms with van der Waals surface area (Å²) in [7, 11) is 1.95. The molecule has 0 unspecified atom stereocenters. The maximum atomic E-state index is 5.53. The van der Waals surface area contributed by atoms with Crippen molar-refractivity contribution in [3.8, 4) is 11.3 Å². The summed E-state index contributed by atoms with van der Waals surface area (Å²) >= 11 is 0. The highest BCUT2D eigenvalue weighted by molar-refractivity contribution is 5.92. The molecule has 0 radical (unpaired) electrons. The molecule has 0 aliphatic heterocycles. The number of benzene rings is 1. The fourth-order valence-electron chi connectivity index (χ4n) is 2.06. The van der Waals surface area contributed by atoms with E-state index >= 15 is 0 Å². The normalized spacial score (nSPS) is 11.2. The van der Waals surface area contributed by atoms with E-state index in [4.69, 9.17) is 4.42 Å². The Bertz CT molecular complexity index is 654. The van der Waals surface area contributed by atoms with Gasteiger partial charge in [0.2, 0.25) is 0 Å². The zero-order valence-corrected chi connectivity index (χ0v) is 10.2. The van der Waals surface area contributed by atoms with Crippen molar-refractivity contribution in [2.45, 2.75) is 6.42 Å². The van der Waals surface area contributed by atoms with E-state index in [1.54, 1.807) is 6.26 Å². The van der Waals surface area contributed by atoms with Crippen molar-refractivity contribution in [2.24, 2.45) is 0 Å². The highest BCUT2D eigenvalue weighted by Gasteiger charge is 2.10. The second-order valence-electron chi connectivity index (χ2n) is 4.28. The molecule has 3 rings (SSSR count). The van der Waals surface area contributed by atoms with E-state index in [0.717, 1.165) is 40.9 Å². The Hall–Kier alpha value is -2.07. The number of likely N-dealkylation sites (N-methyl/N-ethyl adjacent to an activating group) is 1. The fraction of sp³-hybridized carbons (Fsp3) is 0.214. The number of hydrogen-bond donors (Lipinski definition) is 2. The molecule has 0 fully saturated rings. The van der Waals surface area contributed by atoms with Gasteiger partial charge in [-0.05, 0) is 19.2 Å². The van der Waals surface area contributed by atoms with Crippen LogP contribution in [0.4, 0.5) is 0 Å². The molecule has 1 aromatic carbocycles. The third-order valence-corrected chi connectivity index (χ3v) is 3.03. The third kappa shape index (κ3) is 1.91. The van der Waals surface area contributed by atoms with E-state index in [-0.39, 0.29) is 0 Å². The van der Waals surface area contributed by atoms with Gasteiger partial charge in [0.15, 0.2) is 0 Å². The van der Waals surface area contributed by atoms with Crippen LogP contribution in [0.25, 0.3) is 22.2 Å². The Balaban J connectivity index is 1.96. The number of aromatic amines is 1. The first kappa shape index (κ1) is 11.0. The molecule has 0 spiro atoms. The lowest BCUT2D eigenvalue weighted by Gasteiger charge is -1.93. The standard InChI is InChI=1S/C14H15N3O/c1-15-7-6-10-8-13(17-16-10)12-9-18-14-5-3-2-4-11(12)14/h2-5,8-9,15H,6-7H2,1H3,(H,16,17). The number of furan rings is 1. The summed E-state index contributed by atoms with van der Waals surface area (Å²) in [5, 5.41) is 11.6. The minimum Gasteiger partial charge on any atom is -0.464 e. The lowest BCUT2D eigenvalue weighted by Crippen LogP contribution is -2.10. The number of nitrogens with zero attached hydrogens (tertiary/aromatic N) is 1. The molecule has 0 atom stereocenters. The van der Waals surface area contributed by atoms with E-state index in [1.807, 2.05) is 25.2 Å². The second kappa shape index (κ2) is 4.66. The molecule has 4 heteroatoms. The van der Waals surface area contributed by atoms with Crippen LogP contribution >= 0.6 is 0 Å². The number of para-hydroxylation sites is 1. The molecule has 3 aromatic rings. The highest BCUT2D eigenvalue weighted by Crippen LogP contribution is 2.29. The van der Waals surface area contributed by atoms with Gasteiger partial charge in [-0.25, -0.2) is 0 Å². The molecule has 92 valence electrons. The van der Waals surface area contributed by atoms with Crippen LogP contribution in [0.1, 0.15) is 5.69 Å². The largest absolute Gasteiger partial charge is 0.464 e. The number of fused-ring (bicyclic) bond motifs is 1. The molecule has 4 nitrogen and oxygen atoms in total. The fourth-order valence-corrected chi connectivity index (χ4v) is 2.06. The first-order valence-corrected chi connectivity index (χ1v) is 6.04. The molecule has 2 heterocycles. The first-order chi connectivity index (χ1) is 8.88. The van der Waals surface area contributed by atoms with Gasteiger partial charge < -0.3 is 9.73 Å². The molecule has 0 saturated heterocycles. The summed E-state index contributed by atoms with van der Waals surface area (Å²) in [5.41, 5.74) is 4.00. The van der Waals surface area contributed by atoms with Gasteiger partial charge in [-0.2, -0.15) is 5.10 Å². The molecular weight excluding hydrogens is 226 g/mol. The maximum Gasteiger partial charge on any atom is 0.134 e. The summed E-state index contributed by atoms with van der Waals surface area (Å²) < 4.78 is 5.53. The van der Waals surface area contributed by atoms with E-state index in [2.05, 4.69) is 27.6 Å². The average molecular weight is 241 g/mol. The number of nitrogens with one attached hydrogen (secondary N) is 2. The van der Waals surface area contributed by atoms with Crippen LogP contribution in [0.2, 0.25) is 0 Å². The highest BCUT2D eigenvalue weighted by atomic mass is 16.3. The van der Waals surface area contributed by atoms with Gasteiger partial charge in [-0.15, -0.1) is 0 Å². The molecule has 18 heavy (non-hydrogen) atoms. The van der Waals surface area contributed by atoms with Crippen LogP contribution < -0.4 is 5.32 Å². The van der Waals surface area contributed by atoms with E-state index in [0.29, 0.717) is 0 Å². The molecule has 0 amide bonds. The van der Waals surface area contributed by atoms with Gasteiger partial charge in [-0.3, -0.25) is 5.10 Å². The van der Waals surface area contributed by atoms with Crippen molar-refractivity contribution in [3.63, 3.8) is 0 Å². The molecule has 0 bridgehead atoms. The van der Waals surface area contributed by atoms with E-state index in [1.165, 1.54) is 0 Å². The minimum atomic E-state index is 0.896. The predicted octanol–water partition coefficient (Wildman–Crippen LogP) is 2.58. The summed E-state index contributed by atoms with van der Waals surface area (Å²) in [4.78, 5) is 0. The Morgan fingerprint density at radius 2 is 2.22 bits per heavy atom. The van der Waals surface area contributed by atoms with Crippen molar-refractivity contribution in [1.82, 2.24) is 15.5 Å². The lowest BCUT2D eigenvalue weighted by molar-refractivity contribution is 0.617. The van der Waals surface area contributed by atoms with Crippen LogP contribution in [0.3, 0.4) is 0 Å². The Morgan fingerprint density at radius 1 is 1.33 bits per heavy atom. The molecule has 2 aromatic heterocycles. The summed E-state index contributed by atoms with van der Waals surface area (Å²) in [6, 6.07) is 10.1. The molecule has 0 aliphatic rings. The monoisotopic (exact) mass is 241 g/mol. The quantitative estimate of drug-likeness (QED) is 0.738. The van der Waals surface area contributed by atoms with Crippen molar-refractivity contribution < 1.29 is 4.42 Å². The van der Waals surface area contributed by atoms with Gasteiger partial charge >= 0.3 is 0 Å².